The molecule has 1 aromatic heterocycles. The van der Waals surface area contributed by atoms with E-state index in [1.54, 1.807) is 0 Å². The topological polar surface area (TPSA) is 35.0 Å². The van der Waals surface area contributed by atoms with E-state index in [0.29, 0.717) is 16.6 Å². The van der Waals surface area contributed by atoms with Crippen molar-refractivity contribution in [2.24, 2.45) is 0 Å². The third-order valence-electron chi connectivity index (χ3n) is 2.29. The first-order valence-corrected chi connectivity index (χ1v) is 6.88. The van der Waals surface area contributed by atoms with Gasteiger partial charge in [0.1, 0.15) is 22.4 Å². The lowest BCUT2D eigenvalue weighted by Crippen LogP contribution is -1.97. The lowest BCUT2D eigenvalue weighted by atomic mass is 10.1. The van der Waals surface area contributed by atoms with Crippen molar-refractivity contribution in [3.05, 3.63) is 37.8 Å². The van der Waals surface area contributed by atoms with Crippen LogP contribution in [0.3, 0.4) is 0 Å². The van der Waals surface area contributed by atoms with Crippen LogP contribution in [-0.2, 0) is 6.61 Å². The van der Waals surface area contributed by atoms with E-state index in [0.717, 1.165) is 21.3 Å². The zero-order chi connectivity index (χ0) is 12.4. The maximum absolute atomic E-state index is 5.90. The number of rotatable bonds is 3. The van der Waals surface area contributed by atoms with E-state index in [4.69, 9.17) is 16.3 Å². The highest BCUT2D eigenvalue weighted by molar-refractivity contribution is 9.10. The van der Waals surface area contributed by atoms with Crippen molar-refractivity contribution < 1.29 is 4.74 Å². The molecule has 0 saturated heterocycles. The predicted molar refractivity (Wildman–Crippen MR) is 72.9 cm³/mol. The number of benzene rings is 1. The summed E-state index contributed by atoms with van der Waals surface area (Å²) in [6.45, 7) is 4.40. The summed E-state index contributed by atoms with van der Waals surface area (Å²) in [5.74, 6) is 0.812. The number of hydrogen-bond acceptors (Lipinski definition) is 4. The van der Waals surface area contributed by atoms with Crippen molar-refractivity contribution >= 4 is 39.1 Å². The molecule has 0 radical (unpaired) electrons. The van der Waals surface area contributed by atoms with E-state index in [-0.39, 0.29) is 0 Å². The molecule has 2 aromatic rings. The Hall–Kier alpha value is -0.650. The number of halogens is 2. The highest BCUT2D eigenvalue weighted by Gasteiger charge is 2.07. The monoisotopic (exact) mass is 332 g/mol. The second-order valence-electron chi connectivity index (χ2n) is 3.65. The highest BCUT2D eigenvalue weighted by Crippen LogP contribution is 2.27. The van der Waals surface area contributed by atoms with E-state index in [2.05, 4.69) is 25.5 Å². The van der Waals surface area contributed by atoms with Gasteiger partial charge >= 0.3 is 0 Å². The maximum Gasteiger partial charge on any atom is 0.141 e. The molecule has 1 aromatic carbocycles. The standard InChI is InChI=1S/C11H10BrClN2OS/c1-6-3-8(4-7(2)10(6)12)16-5-9-11(13)17-15-14-9/h3-4H,5H2,1-2H3. The van der Waals surface area contributed by atoms with E-state index in [1.807, 2.05) is 26.0 Å². The summed E-state index contributed by atoms with van der Waals surface area (Å²) in [6.07, 6.45) is 0. The van der Waals surface area contributed by atoms with E-state index in [1.165, 1.54) is 11.5 Å². The molecule has 1 heterocycles. The van der Waals surface area contributed by atoms with Crippen molar-refractivity contribution in [3.63, 3.8) is 0 Å². The summed E-state index contributed by atoms with van der Waals surface area (Å²) >= 11 is 10.6. The van der Waals surface area contributed by atoms with Crippen LogP contribution in [0.15, 0.2) is 16.6 Å². The zero-order valence-electron chi connectivity index (χ0n) is 9.33. The first-order valence-electron chi connectivity index (χ1n) is 4.94. The number of ether oxygens (including phenoxy) is 1. The molecular weight excluding hydrogens is 324 g/mol. The number of aryl methyl sites for hydroxylation is 2. The molecular formula is C11H10BrClN2OS. The average Bonchev–Trinajstić information content (AvgIpc) is 2.69. The molecule has 0 unspecified atom stereocenters. The Morgan fingerprint density at radius 2 is 2.00 bits per heavy atom. The van der Waals surface area contributed by atoms with Crippen LogP contribution in [0.5, 0.6) is 5.75 Å². The van der Waals surface area contributed by atoms with Crippen LogP contribution < -0.4 is 4.74 Å². The fourth-order valence-corrected chi connectivity index (χ4v) is 2.25. The second kappa shape index (κ2) is 5.33. The lowest BCUT2D eigenvalue weighted by molar-refractivity contribution is 0.301. The summed E-state index contributed by atoms with van der Waals surface area (Å²) in [6, 6.07) is 3.95. The Morgan fingerprint density at radius 3 is 2.53 bits per heavy atom. The molecule has 0 atom stereocenters. The van der Waals surface area contributed by atoms with Gasteiger partial charge in [0.05, 0.1) is 0 Å². The van der Waals surface area contributed by atoms with Crippen LogP contribution in [0.2, 0.25) is 4.34 Å². The van der Waals surface area contributed by atoms with Crippen LogP contribution >= 0.6 is 39.1 Å². The quantitative estimate of drug-likeness (QED) is 0.846. The number of hydrogen-bond donors (Lipinski definition) is 0. The second-order valence-corrected chi connectivity index (χ2v) is 5.80. The summed E-state index contributed by atoms with van der Waals surface area (Å²) in [4.78, 5) is 0. The Balaban J connectivity index is 2.12. The Kier molecular flexibility index (Phi) is 4.01. The van der Waals surface area contributed by atoms with Crippen LogP contribution in [0.1, 0.15) is 16.8 Å². The van der Waals surface area contributed by atoms with Gasteiger partial charge in [-0.3, -0.25) is 0 Å². The molecule has 6 heteroatoms. The first-order chi connectivity index (χ1) is 8.08. The van der Waals surface area contributed by atoms with Crippen LogP contribution in [0.25, 0.3) is 0 Å². The highest BCUT2D eigenvalue weighted by atomic mass is 79.9. The van der Waals surface area contributed by atoms with E-state index < -0.39 is 0 Å². The largest absolute Gasteiger partial charge is 0.487 e. The van der Waals surface area contributed by atoms with Crippen molar-refractivity contribution in [2.45, 2.75) is 20.5 Å². The van der Waals surface area contributed by atoms with E-state index in [9.17, 15) is 0 Å². The minimum absolute atomic E-state index is 0.343. The molecule has 0 aliphatic heterocycles. The van der Waals surface area contributed by atoms with Gasteiger partial charge in [-0.25, -0.2) is 0 Å². The smallest absolute Gasteiger partial charge is 0.141 e. The van der Waals surface area contributed by atoms with Crippen molar-refractivity contribution in [1.29, 1.82) is 0 Å². The van der Waals surface area contributed by atoms with Gasteiger partial charge in [0.2, 0.25) is 0 Å². The van der Waals surface area contributed by atoms with Gasteiger partial charge in [-0.1, -0.05) is 32.0 Å². The lowest BCUT2D eigenvalue weighted by Gasteiger charge is -2.09. The predicted octanol–water partition coefficient (Wildman–Crippen LogP) is 4.15. The maximum atomic E-state index is 5.90. The molecule has 2 rings (SSSR count). The van der Waals surface area contributed by atoms with Crippen LogP contribution in [0, 0.1) is 13.8 Å². The van der Waals surface area contributed by atoms with E-state index >= 15 is 0 Å². The van der Waals surface area contributed by atoms with Gasteiger partial charge in [0.15, 0.2) is 0 Å². The SMILES string of the molecule is Cc1cc(OCc2nnsc2Cl)cc(C)c1Br. The van der Waals surface area contributed by atoms with Crippen LogP contribution in [-0.4, -0.2) is 9.59 Å². The van der Waals surface area contributed by atoms with Gasteiger partial charge in [-0.2, -0.15) is 0 Å². The van der Waals surface area contributed by atoms with Gasteiger partial charge in [0.25, 0.3) is 0 Å². The minimum atomic E-state index is 0.343. The minimum Gasteiger partial charge on any atom is -0.487 e. The molecule has 17 heavy (non-hydrogen) atoms. The van der Waals surface area contributed by atoms with Gasteiger partial charge in [0, 0.05) is 16.0 Å². The summed E-state index contributed by atoms with van der Waals surface area (Å²) < 4.78 is 11.1. The molecule has 0 spiro atoms. The Labute approximate surface area is 117 Å². The molecule has 0 bridgehead atoms. The van der Waals surface area contributed by atoms with Crippen molar-refractivity contribution in [2.75, 3.05) is 0 Å². The molecule has 3 nitrogen and oxygen atoms in total. The fraction of sp³-hybridized carbons (Fsp3) is 0.273. The van der Waals surface area contributed by atoms with Crippen molar-refractivity contribution in [3.8, 4) is 5.75 Å². The molecule has 90 valence electrons. The fourth-order valence-electron chi connectivity index (χ4n) is 1.42. The molecule has 0 fully saturated rings. The summed E-state index contributed by atoms with van der Waals surface area (Å²) in [5, 5.41) is 3.90. The van der Waals surface area contributed by atoms with Gasteiger partial charge in [-0.15, -0.1) is 5.10 Å². The third-order valence-corrected chi connectivity index (χ3v) is 4.53. The molecule has 0 amide bonds. The van der Waals surface area contributed by atoms with Gasteiger partial charge in [-0.05, 0) is 37.1 Å². The number of aromatic nitrogens is 2. The number of nitrogens with zero attached hydrogens (tertiary/aromatic N) is 2. The molecule has 0 aliphatic rings. The first kappa shape index (κ1) is 12.8. The molecule has 0 N–H and O–H groups in total. The average molecular weight is 334 g/mol. The summed E-state index contributed by atoms with van der Waals surface area (Å²) in [5.41, 5.74) is 2.96. The third kappa shape index (κ3) is 2.97. The Morgan fingerprint density at radius 1 is 1.35 bits per heavy atom. The zero-order valence-corrected chi connectivity index (χ0v) is 12.5. The molecule has 0 aliphatic carbocycles. The van der Waals surface area contributed by atoms with Gasteiger partial charge < -0.3 is 4.74 Å². The Bertz CT molecular complexity index is 521. The van der Waals surface area contributed by atoms with Crippen LogP contribution in [0.4, 0.5) is 0 Å². The molecule has 0 saturated carbocycles. The summed E-state index contributed by atoms with van der Waals surface area (Å²) in [7, 11) is 0. The normalized spacial score (nSPS) is 10.6. The van der Waals surface area contributed by atoms with Crippen molar-refractivity contribution in [1.82, 2.24) is 9.59 Å².